The summed E-state index contributed by atoms with van der Waals surface area (Å²) < 4.78 is 0. The van der Waals surface area contributed by atoms with Gasteiger partial charge in [-0.15, -0.1) is 0 Å². The smallest absolute Gasteiger partial charge is 0.0170 e. The number of hydrogen-bond acceptors (Lipinski definition) is 1. The van der Waals surface area contributed by atoms with Crippen molar-refractivity contribution in [3.05, 3.63) is 23.8 Å². The molecular formula is C16H27N. The predicted molar refractivity (Wildman–Crippen MR) is 75.1 cm³/mol. The summed E-state index contributed by atoms with van der Waals surface area (Å²) in [6.45, 7) is 3.45. The van der Waals surface area contributed by atoms with E-state index < -0.39 is 0 Å². The lowest BCUT2D eigenvalue weighted by Gasteiger charge is -2.25. The molecule has 1 N–H and O–H groups in total. The van der Waals surface area contributed by atoms with Crippen molar-refractivity contribution in [3.8, 4) is 0 Å². The van der Waals surface area contributed by atoms with Crippen LogP contribution in [0.4, 0.5) is 0 Å². The number of nitrogens with one attached hydrogen (secondary N) is 1. The lowest BCUT2D eigenvalue weighted by molar-refractivity contribution is 0.307. The lowest BCUT2D eigenvalue weighted by Crippen LogP contribution is -2.30. The Morgan fingerprint density at radius 1 is 1.29 bits per heavy atom. The molecule has 0 aliphatic heterocycles. The summed E-state index contributed by atoms with van der Waals surface area (Å²) in [6, 6.07) is 0.685. The highest BCUT2D eigenvalue weighted by molar-refractivity contribution is 5.18. The van der Waals surface area contributed by atoms with Gasteiger partial charge in [0.25, 0.3) is 0 Å². The van der Waals surface area contributed by atoms with E-state index in [9.17, 15) is 0 Å². The second kappa shape index (κ2) is 7.00. The summed E-state index contributed by atoms with van der Waals surface area (Å²) in [5.74, 6) is 0.992. The third kappa shape index (κ3) is 4.67. The normalized spacial score (nSPS) is 23.5. The first-order chi connectivity index (χ1) is 8.34. The molecule has 2 aliphatic carbocycles. The molecule has 0 spiro atoms. The monoisotopic (exact) mass is 233 g/mol. The van der Waals surface area contributed by atoms with Gasteiger partial charge >= 0.3 is 0 Å². The van der Waals surface area contributed by atoms with E-state index in [1.54, 1.807) is 5.57 Å². The number of allylic oxidation sites excluding steroid dienone is 3. The van der Waals surface area contributed by atoms with Gasteiger partial charge in [-0.05, 0) is 32.1 Å². The minimum absolute atomic E-state index is 0.685. The molecule has 96 valence electrons. The summed E-state index contributed by atoms with van der Waals surface area (Å²) >= 11 is 0. The van der Waals surface area contributed by atoms with E-state index in [2.05, 4.69) is 30.5 Å². The highest BCUT2D eigenvalue weighted by atomic mass is 14.9. The van der Waals surface area contributed by atoms with E-state index in [1.807, 2.05) is 0 Å². The molecule has 1 unspecified atom stereocenters. The first kappa shape index (κ1) is 12.9. The van der Waals surface area contributed by atoms with E-state index in [-0.39, 0.29) is 0 Å². The summed E-state index contributed by atoms with van der Waals surface area (Å²) in [7, 11) is 0. The van der Waals surface area contributed by atoms with Crippen LogP contribution in [0.3, 0.4) is 0 Å². The zero-order valence-electron chi connectivity index (χ0n) is 11.3. The standard InChI is InChI=1S/C16H27N/c1-14(12-15-8-4-2-5-9-15)17-13-16-10-6-3-7-11-16/h3,6,10,14-15,17H,2,4-5,7-9,11-13H2,1H3. The highest BCUT2D eigenvalue weighted by Gasteiger charge is 2.16. The molecular weight excluding hydrogens is 206 g/mol. The quantitative estimate of drug-likeness (QED) is 0.750. The minimum atomic E-state index is 0.685. The first-order valence-electron chi connectivity index (χ1n) is 7.42. The molecule has 0 saturated heterocycles. The number of hydrogen-bond donors (Lipinski definition) is 1. The van der Waals surface area contributed by atoms with Crippen LogP contribution in [0, 0.1) is 5.92 Å². The van der Waals surface area contributed by atoms with Gasteiger partial charge in [0.1, 0.15) is 0 Å². The summed E-state index contributed by atoms with van der Waals surface area (Å²) in [5.41, 5.74) is 1.57. The molecule has 1 heteroatoms. The fourth-order valence-corrected chi connectivity index (χ4v) is 3.11. The van der Waals surface area contributed by atoms with Gasteiger partial charge in [0.05, 0.1) is 0 Å². The average molecular weight is 233 g/mol. The summed E-state index contributed by atoms with van der Waals surface area (Å²) in [4.78, 5) is 0. The van der Waals surface area contributed by atoms with Crippen LogP contribution in [-0.2, 0) is 0 Å². The molecule has 0 bridgehead atoms. The van der Waals surface area contributed by atoms with E-state index in [0.717, 1.165) is 12.5 Å². The van der Waals surface area contributed by atoms with E-state index in [0.29, 0.717) is 6.04 Å². The topological polar surface area (TPSA) is 12.0 Å². The van der Waals surface area contributed by atoms with Gasteiger partial charge in [-0.2, -0.15) is 0 Å². The molecule has 2 rings (SSSR count). The lowest BCUT2D eigenvalue weighted by atomic mass is 9.85. The highest BCUT2D eigenvalue weighted by Crippen LogP contribution is 2.27. The Labute approximate surface area is 106 Å². The van der Waals surface area contributed by atoms with Crippen LogP contribution in [0.25, 0.3) is 0 Å². The van der Waals surface area contributed by atoms with Gasteiger partial charge in [0, 0.05) is 12.6 Å². The van der Waals surface area contributed by atoms with Gasteiger partial charge in [0.2, 0.25) is 0 Å². The minimum Gasteiger partial charge on any atom is -0.311 e. The molecule has 0 radical (unpaired) electrons. The molecule has 0 aromatic heterocycles. The first-order valence-corrected chi connectivity index (χ1v) is 7.42. The third-order valence-corrected chi connectivity index (χ3v) is 4.19. The van der Waals surface area contributed by atoms with Crippen LogP contribution >= 0.6 is 0 Å². The molecule has 1 saturated carbocycles. The van der Waals surface area contributed by atoms with Crippen molar-refractivity contribution < 1.29 is 0 Å². The van der Waals surface area contributed by atoms with Crippen molar-refractivity contribution in [3.63, 3.8) is 0 Å². The van der Waals surface area contributed by atoms with Crippen molar-refractivity contribution >= 4 is 0 Å². The Hall–Kier alpha value is -0.560. The Morgan fingerprint density at radius 3 is 2.82 bits per heavy atom. The maximum absolute atomic E-state index is 3.70. The van der Waals surface area contributed by atoms with Crippen molar-refractivity contribution in [1.82, 2.24) is 5.32 Å². The van der Waals surface area contributed by atoms with Crippen LogP contribution in [0.15, 0.2) is 23.8 Å². The van der Waals surface area contributed by atoms with Gasteiger partial charge in [-0.3, -0.25) is 0 Å². The largest absolute Gasteiger partial charge is 0.311 e. The second-order valence-electron chi connectivity index (χ2n) is 5.81. The maximum Gasteiger partial charge on any atom is 0.0170 e. The molecule has 1 nitrogen and oxygen atoms in total. The van der Waals surface area contributed by atoms with E-state index >= 15 is 0 Å². The fraction of sp³-hybridized carbons (Fsp3) is 0.750. The average Bonchev–Trinajstić information content (AvgIpc) is 2.39. The van der Waals surface area contributed by atoms with Crippen LogP contribution in [0.2, 0.25) is 0 Å². The summed E-state index contributed by atoms with van der Waals surface area (Å²) in [6.07, 6.45) is 17.9. The SMILES string of the molecule is CC(CC1CCCCC1)NCC1=CC=CCC1. The van der Waals surface area contributed by atoms with Gasteiger partial charge in [-0.25, -0.2) is 0 Å². The molecule has 17 heavy (non-hydrogen) atoms. The fourth-order valence-electron chi connectivity index (χ4n) is 3.11. The third-order valence-electron chi connectivity index (χ3n) is 4.19. The Morgan fingerprint density at radius 2 is 2.12 bits per heavy atom. The van der Waals surface area contributed by atoms with Gasteiger partial charge in [-0.1, -0.05) is 55.9 Å². The molecule has 0 heterocycles. The van der Waals surface area contributed by atoms with Crippen LogP contribution < -0.4 is 5.32 Å². The Kier molecular flexibility index (Phi) is 5.31. The molecule has 0 aromatic carbocycles. The van der Waals surface area contributed by atoms with Crippen LogP contribution in [0.1, 0.15) is 58.3 Å². The van der Waals surface area contributed by atoms with Crippen molar-refractivity contribution in [2.24, 2.45) is 5.92 Å². The molecule has 2 aliphatic rings. The second-order valence-corrected chi connectivity index (χ2v) is 5.81. The maximum atomic E-state index is 3.70. The number of rotatable bonds is 5. The molecule has 0 amide bonds. The van der Waals surface area contributed by atoms with Crippen molar-refractivity contribution in [2.75, 3.05) is 6.54 Å². The predicted octanol–water partition coefficient (Wildman–Crippen LogP) is 4.21. The van der Waals surface area contributed by atoms with Crippen molar-refractivity contribution in [2.45, 2.75) is 64.3 Å². The van der Waals surface area contributed by atoms with E-state index in [4.69, 9.17) is 0 Å². The van der Waals surface area contributed by atoms with Gasteiger partial charge < -0.3 is 5.32 Å². The van der Waals surface area contributed by atoms with E-state index in [1.165, 1.54) is 51.4 Å². The Balaban J connectivity index is 1.64. The summed E-state index contributed by atoms with van der Waals surface area (Å²) in [5, 5.41) is 3.70. The van der Waals surface area contributed by atoms with Crippen LogP contribution in [0.5, 0.6) is 0 Å². The zero-order valence-corrected chi connectivity index (χ0v) is 11.3. The molecule has 0 aromatic rings. The van der Waals surface area contributed by atoms with Crippen LogP contribution in [-0.4, -0.2) is 12.6 Å². The zero-order chi connectivity index (χ0) is 11.9. The van der Waals surface area contributed by atoms with Crippen molar-refractivity contribution in [1.29, 1.82) is 0 Å². The Bertz CT molecular complexity index is 271. The molecule has 1 atom stereocenters. The van der Waals surface area contributed by atoms with Gasteiger partial charge in [0.15, 0.2) is 0 Å². The molecule has 1 fully saturated rings.